The Balaban J connectivity index is 2.34. The highest BCUT2D eigenvalue weighted by Crippen LogP contribution is 2.21. The molecule has 1 aromatic carbocycles. The average molecular weight is 310 g/mol. The molecule has 0 aliphatic heterocycles. The Morgan fingerprint density at radius 1 is 1.28 bits per heavy atom. The summed E-state index contributed by atoms with van der Waals surface area (Å²) in [5.74, 6) is 1.07. The molecule has 2 rings (SSSR count). The van der Waals surface area contributed by atoms with E-state index in [1.807, 2.05) is 6.07 Å². The molecule has 0 amide bonds. The molecule has 0 fully saturated rings. The monoisotopic (exact) mass is 309 g/mol. The summed E-state index contributed by atoms with van der Waals surface area (Å²) in [6, 6.07) is 8.30. The van der Waals surface area contributed by atoms with Crippen LogP contribution in [-0.2, 0) is 7.05 Å². The van der Waals surface area contributed by atoms with Crippen LogP contribution >= 0.6 is 15.9 Å². The lowest BCUT2D eigenvalue weighted by Gasteiger charge is -2.22. The topological polar surface area (TPSA) is 21.1 Å². The zero-order chi connectivity index (χ0) is 13.0. The van der Waals surface area contributed by atoms with Crippen molar-refractivity contribution in [1.82, 2.24) is 9.55 Å². The first-order valence-corrected chi connectivity index (χ1v) is 7.62. The highest BCUT2D eigenvalue weighted by Gasteiger charge is 2.13. The van der Waals surface area contributed by atoms with Gasteiger partial charge >= 0.3 is 0 Å². The molecule has 0 aliphatic carbocycles. The molecular formula is C14H20BrN3. The van der Waals surface area contributed by atoms with Crippen LogP contribution in [0.25, 0.3) is 11.0 Å². The normalized spacial score (nSPS) is 11.1. The highest BCUT2D eigenvalue weighted by molar-refractivity contribution is 9.09. The minimum atomic E-state index is 0.972. The summed E-state index contributed by atoms with van der Waals surface area (Å²) < 4.78 is 2.19. The number of rotatable bonds is 6. The van der Waals surface area contributed by atoms with Gasteiger partial charge in [0.25, 0.3) is 0 Å². The maximum absolute atomic E-state index is 4.75. The van der Waals surface area contributed by atoms with E-state index in [1.54, 1.807) is 0 Å². The Labute approximate surface area is 117 Å². The summed E-state index contributed by atoms with van der Waals surface area (Å²) in [7, 11) is 2.10. The smallest absolute Gasteiger partial charge is 0.206 e. The Morgan fingerprint density at radius 2 is 2.06 bits per heavy atom. The summed E-state index contributed by atoms with van der Waals surface area (Å²) >= 11 is 3.53. The summed E-state index contributed by atoms with van der Waals surface area (Å²) in [4.78, 5) is 7.11. The van der Waals surface area contributed by atoms with Crippen LogP contribution in [0.4, 0.5) is 5.95 Å². The van der Waals surface area contributed by atoms with Gasteiger partial charge in [0.15, 0.2) is 0 Å². The number of aryl methyl sites for hydroxylation is 1. The van der Waals surface area contributed by atoms with Crippen molar-refractivity contribution in [2.45, 2.75) is 19.8 Å². The number of hydrogen-bond donors (Lipinski definition) is 0. The standard InChI is InChI=1S/C14H20BrN3/c1-3-4-10-18(11-9-15)14-16-12-7-5-6-8-13(12)17(14)2/h5-8H,3-4,9-11H2,1-2H3. The maximum atomic E-state index is 4.75. The lowest BCUT2D eigenvalue weighted by Crippen LogP contribution is -2.29. The molecule has 0 atom stereocenters. The molecule has 1 heterocycles. The van der Waals surface area contributed by atoms with Crippen molar-refractivity contribution in [3.8, 4) is 0 Å². The van der Waals surface area contributed by atoms with Gasteiger partial charge < -0.3 is 9.47 Å². The fourth-order valence-corrected chi connectivity index (χ4v) is 2.61. The third-order valence-corrected chi connectivity index (χ3v) is 3.54. The van der Waals surface area contributed by atoms with Gasteiger partial charge in [-0.3, -0.25) is 0 Å². The first-order chi connectivity index (χ1) is 8.77. The molecule has 0 aliphatic rings. The lowest BCUT2D eigenvalue weighted by molar-refractivity contribution is 0.704. The molecule has 0 bridgehead atoms. The summed E-state index contributed by atoms with van der Waals surface area (Å²) in [6.07, 6.45) is 2.42. The van der Waals surface area contributed by atoms with Gasteiger partial charge in [0.1, 0.15) is 0 Å². The Morgan fingerprint density at radius 3 is 2.72 bits per heavy atom. The van der Waals surface area contributed by atoms with Crippen LogP contribution in [0.15, 0.2) is 24.3 Å². The number of alkyl halides is 1. The molecule has 2 aromatic rings. The third-order valence-electron chi connectivity index (χ3n) is 3.18. The molecular weight excluding hydrogens is 290 g/mol. The van der Waals surface area contributed by atoms with Gasteiger partial charge in [-0.15, -0.1) is 0 Å². The molecule has 3 nitrogen and oxygen atoms in total. The first kappa shape index (κ1) is 13.4. The van der Waals surface area contributed by atoms with E-state index in [4.69, 9.17) is 4.98 Å². The van der Waals surface area contributed by atoms with Crippen molar-refractivity contribution >= 4 is 32.9 Å². The molecule has 98 valence electrons. The van der Waals surface area contributed by atoms with Crippen LogP contribution in [0.3, 0.4) is 0 Å². The van der Waals surface area contributed by atoms with Crippen molar-refractivity contribution in [1.29, 1.82) is 0 Å². The van der Waals surface area contributed by atoms with Gasteiger partial charge in [-0.25, -0.2) is 4.98 Å². The first-order valence-electron chi connectivity index (χ1n) is 6.50. The second-order valence-corrected chi connectivity index (χ2v) is 5.28. The zero-order valence-electron chi connectivity index (χ0n) is 11.1. The fourth-order valence-electron chi connectivity index (χ4n) is 2.18. The number of hydrogen-bond acceptors (Lipinski definition) is 2. The lowest BCUT2D eigenvalue weighted by atomic mass is 10.3. The Hall–Kier alpha value is -1.03. The Kier molecular flexibility index (Phi) is 4.64. The molecule has 18 heavy (non-hydrogen) atoms. The van der Waals surface area contributed by atoms with E-state index in [2.05, 4.69) is 57.6 Å². The third kappa shape index (κ3) is 2.69. The second kappa shape index (κ2) is 6.23. The SMILES string of the molecule is CCCCN(CCBr)c1nc2ccccc2n1C. The number of imidazole rings is 1. The fraction of sp³-hybridized carbons (Fsp3) is 0.500. The minimum Gasteiger partial charge on any atom is -0.341 e. The van der Waals surface area contributed by atoms with Gasteiger partial charge in [-0.05, 0) is 18.6 Å². The van der Waals surface area contributed by atoms with E-state index >= 15 is 0 Å². The predicted molar refractivity (Wildman–Crippen MR) is 81.6 cm³/mol. The number of aromatic nitrogens is 2. The number of anilines is 1. The zero-order valence-corrected chi connectivity index (χ0v) is 12.7. The number of halogens is 1. The van der Waals surface area contributed by atoms with E-state index in [1.165, 1.54) is 18.4 Å². The molecule has 0 saturated heterocycles. The molecule has 0 N–H and O–H groups in total. The summed E-state index contributed by atoms with van der Waals surface area (Å²) in [5.41, 5.74) is 2.27. The van der Waals surface area contributed by atoms with Gasteiger partial charge in [0.2, 0.25) is 5.95 Å². The van der Waals surface area contributed by atoms with Gasteiger partial charge in [-0.1, -0.05) is 41.4 Å². The quantitative estimate of drug-likeness (QED) is 0.761. The predicted octanol–water partition coefficient (Wildman–Crippen LogP) is 3.57. The molecule has 0 spiro atoms. The summed E-state index contributed by atoms with van der Waals surface area (Å²) in [6.45, 7) is 4.29. The molecule has 0 radical (unpaired) electrons. The van der Waals surface area contributed by atoms with Gasteiger partial charge in [0, 0.05) is 25.5 Å². The number of para-hydroxylation sites is 2. The van der Waals surface area contributed by atoms with Crippen molar-refractivity contribution in [2.24, 2.45) is 7.05 Å². The van der Waals surface area contributed by atoms with Crippen molar-refractivity contribution in [3.05, 3.63) is 24.3 Å². The largest absolute Gasteiger partial charge is 0.341 e. The molecule has 1 aromatic heterocycles. The van der Waals surface area contributed by atoms with Crippen LogP contribution in [0.2, 0.25) is 0 Å². The average Bonchev–Trinajstić information content (AvgIpc) is 2.73. The molecule has 4 heteroatoms. The number of benzene rings is 1. The highest BCUT2D eigenvalue weighted by atomic mass is 79.9. The van der Waals surface area contributed by atoms with Crippen molar-refractivity contribution in [2.75, 3.05) is 23.3 Å². The Bertz CT molecular complexity index is 507. The van der Waals surface area contributed by atoms with Crippen LogP contribution < -0.4 is 4.90 Å². The number of unbranched alkanes of at least 4 members (excludes halogenated alkanes) is 1. The van der Waals surface area contributed by atoms with Crippen LogP contribution in [0.1, 0.15) is 19.8 Å². The van der Waals surface area contributed by atoms with Crippen LogP contribution in [-0.4, -0.2) is 28.0 Å². The van der Waals surface area contributed by atoms with E-state index in [-0.39, 0.29) is 0 Å². The van der Waals surface area contributed by atoms with E-state index in [0.29, 0.717) is 0 Å². The molecule has 0 unspecified atom stereocenters. The van der Waals surface area contributed by atoms with E-state index in [0.717, 1.165) is 29.9 Å². The van der Waals surface area contributed by atoms with Crippen LogP contribution in [0, 0.1) is 0 Å². The second-order valence-electron chi connectivity index (χ2n) is 4.49. The summed E-state index contributed by atoms with van der Waals surface area (Å²) in [5, 5.41) is 0.972. The number of fused-ring (bicyclic) bond motifs is 1. The van der Waals surface area contributed by atoms with E-state index < -0.39 is 0 Å². The van der Waals surface area contributed by atoms with Gasteiger partial charge in [-0.2, -0.15) is 0 Å². The van der Waals surface area contributed by atoms with Crippen LogP contribution in [0.5, 0.6) is 0 Å². The molecule has 0 saturated carbocycles. The minimum absolute atomic E-state index is 0.972. The van der Waals surface area contributed by atoms with Crippen molar-refractivity contribution < 1.29 is 0 Å². The van der Waals surface area contributed by atoms with E-state index in [9.17, 15) is 0 Å². The van der Waals surface area contributed by atoms with Crippen molar-refractivity contribution in [3.63, 3.8) is 0 Å². The maximum Gasteiger partial charge on any atom is 0.206 e. The van der Waals surface area contributed by atoms with Gasteiger partial charge in [0.05, 0.1) is 11.0 Å². The number of nitrogens with zero attached hydrogens (tertiary/aromatic N) is 3.